The third-order valence-corrected chi connectivity index (χ3v) is 3.24. The lowest BCUT2D eigenvalue weighted by Crippen LogP contribution is -2.41. The standard InChI is InChI=1S/C10H14N2O5S/c1-3-17-10(14)11-12-18(15,16)9-6-7(2)4-5-8(9)13/h4-6,12-13H,3H2,1-2H3,(H,11,14). The van der Waals surface area contributed by atoms with Gasteiger partial charge in [0.1, 0.15) is 10.6 Å². The molecule has 0 fully saturated rings. The first-order valence-electron chi connectivity index (χ1n) is 5.11. The molecule has 8 heteroatoms. The van der Waals surface area contributed by atoms with Gasteiger partial charge >= 0.3 is 6.09 Å². The maximum absolute atomic E-state index is 11.8. The fourth-order valence-corrected chi connectivity index (χ4v) is 2.18. The summed E-state index contributed by atoms with van der Waals surface area (Å²) in [7, 11) is -4.04. The first kappa shape index (κ1) is 14.3. The lowest BCUT2D eigenvalue weighted by atomic mass is 10.2. The molecular weight excluding hydrogens is 260 g/mol. The number of carbonyl (C=O) groups is 1. The Hall–Kier alpha value is -1.80. The predicted octanol–water partition coefficient (Wildman–Crippen LogP) is 0.640. The van der Waals surface area contributed by atoms with Crippen molar-refractivity contribution in [1.29, 1.82) is 0 Å². The third-order valence-electron chi connectivity index (χ3n) is 1.97. The molecular formula is C10H14N2O5S. The van der Waals surface area contributed by atoms with Crippen molar-refractivity contribution in [3.63, 3.8) is 0 Å². The molecule has 0 radical (unpaired) electrons. The van der Waals surface area contributed by atoms with Crippen LogP contribution in [0.15, 0.2) is 23.1 Å². The number of sulfonamides is 1. The van der Waals surface area contributed by atoms with E-state index in [2.05, 4.69) is 4.74 Å². The zero-order chi connectivity index (χ0) is 13.8. The maximum Gasteiger partial charge on any atom is 0.422 e. The average molecular weight is 274 g/mol. The number of benzene rings is 1. The molecule has 0 aliphatic heterocycles. The van der Waals surface area contributed by atoms with E-state index in [0.717, 1.165) is 0 Å². The first-order chi connectivity index (χ1) is 8.36. The summed E-state index contributed by atoms with van der Waals surface area (Å²) in [5.41, 5.74) is 2.52. The minimum atomic E-state index is -4.04. The van der Waals surface area contributed by atoms with Crippen molar-refractivity contribution < 1.29 is 23.1 Å². The highest BCUT2D eigenvalue weighted by molar-refractivity contribution is 7.89. The summed E-state index contributed by atoms with van der Waals surface area (Å²) < 4.78 is 28.0. The molecule has 0 saturated carbocycles. The molecule has 0 aliphatic rings. The molecule has 0 aromatic heterocycles. The van der Waals surface area contributed by atoms with Gasteiger partial charge in [-0.1, -0.05) is 6.07 Å². The zero-order valence-electron chi connectivity index (χ0n) is 9.93. The summed E-state index contributed by atoms with van der Waals surface area (Å²) in [5.74, 6) is -0.404. The van der Waals surface area contributed by atoms with E-state index in [9.17, 15) is 18.3 Å². The number of nitrogens with one attached hydrogen (secondary N) is 2. The quantitative estimate of drug-likeness (QED) is 0.699. The number of aromatic hydroxyl groups is 1. The Kier molecular flexibility index (Phi) is 4.51. The van der Waals surface area contributed by atoms with Crippen LogP contribution in [0.5, 0.6) is 5.75 Å². The molecule has 1 aromatic carbocycles. The maximum atomic E-state index is 11.8. The Balaban J connectivity index is 2.87. The third kappa shape index (κ3) is 3.60. The lowest BCUT2D eigenvalue weighted by Gasteiger charge is -2.09. The van der Waals surface area contributed by atoms with Crippen LogP contribution < -0.4 is 10.3 Å². The normalized spacial score (nSPS) is 11.0. The predicted molar refractivity (Wildman–Crippen MR) is 63.3 cm³/mol. The molecule has 3 N–H and O–H groups in total. The second-order valence-electron chi connectivity index (χ2n) is 3.42. The number of rotatable bonds is 4. The number of hydrazine groups is 1. The van der Waals surface area contributed by atoms with E-state index in [-0.39, 0.29) is 11.5 Å². The number of hydrogen-bond donors (Lipinski definition) is 3. The van der Waals surface area contributed by atoms with Gasteiger partial charge in [-0.2, -0.15) is 0 Å². The fraction of sp³-hybridized carbons (Fsp3) is 0.300. The Morgan fingerprint density at radius 3 is 2.72 bits per heavy atom. The van der Waals surface area contributed by atoms with Crippen LogP contribution in [0.3, 0.4) is 0 Å². The van der Waals surface area contributed by atoms with Crippen LogP contribution in [-0.2, 0) is 14.8 Å². The van der Waals surface area contributed by atoms with Crippen molar-refractivity contribution in [2.45, 2.75) is 18.7 Å². The minimum Gasteiger partial charge on any atom is -0.507 e. The van der Waals surface area contributed by atoms with Gasteiger partial charge in [-0.15, -0.1) is 4.83 Å². The van der Waals surface area contributed by atoms with Gasteiger partial charge in [0.15, 0.2) is 0 Å². The van der Waals surface area contributed by atoms with Crippen LogP contribution in [0.2, 0.25) is 0 Å². The highest BCUT2D eigenvalue weighted by Gasteiger charge is 2.19. The van der Waals surface area contributed by atoms with Crippen molar-refractivity contribution in [3.8, 4) is 5.75 Å². The van der Waals surface area contributed by atoms with Crippen LogP contribution in [0.25, 0.3) is 0 Å². The number of amides is 1. The van der Waals surface area contributed by atoms with Crippen LogP contribution in [0.1, 0.15) is 12.5 Å². The van der Waals surface area contributed by atoms with Gasteiger partial charge in [0.05, 0.1) is 6.61 Å². The van der Waals surface area contributed by atoms with E-state index < -0.39 is 21.9 Å². The van der Waals surface area contributed by atoms with E-state index in [4.69, 9.17) is 0 Å². The van der Waals surface area contributed by atoms with Crippen LogP contribution in [-0.4, -0.2) is 26.2 Å². The molecule has 0 atom stereocenters. The molecule has 1 aromatic rings. The summed E-state index contributed by atoms with van der Waals surface area (Å²) in [6.07, 6.45) is -0.923. The van der Waals surface area contributed by atoms with Crippen LogP contribution in [0, 0.1) is 6.92 Å². The number of phenolic OH excluding ortho intramolecular Hbond substituents is 1. The molecule has 1 rings (SSSR count). The van der Waals surface area contributed by atoms with E-state index in [1.165, 1.54) is 12.1 Å². The largest absolute Gasteiger partial charge is 0.507 e. The number of phenols is 1. The smallest absolute Gasteiger partial charge is 0.422 e. The van der Waals surface area contributed by atoms with Gasteiger partial charge in [-0.3, -0.25) is 0 Å². The Morgan fingerprint density at radius 2 is 2.11 bits per heavy atom. The van der Waals surface area contributed by atoms with Gasteiger partial charge in [-0.05, 0) is 31.5 Å². The molecule has 0 bridgehead atoms. The van der Waals surface area contributed by atoms with Gasteiger partial charge in [0.2, 0.25) is 0 Å². The van der Waals surface area contributed by atoms with Crippen molar-refractivity contribution in [2.24, 2.45) is 0 Å². The summed E-state index contributed by atoms with van der Waals surface area (Å²) in [6, 6.07) is 4.10. The lowest BCUT2D eigenvalue weighted by molar-refractivity contribution is 0.150. The second-order valence-corrected chi connectivity index (χ2v) is 5.07. The molecule has 7 nitrogen and oxygen atoms in total. The van der Waals surface area contributed by atoms with Crippen molar-refractivity contribution in [3.05, 3.63) is 23.8 Å². The van der Waals surface area contributed by atoms with Crippen molar-refractivity contribution in [2.75, 3.05) is 6.61 Å². The Morgan fingerprint density at radius 1 is 1.44 bits per heavy atom. The topological polar surface area (TPSA) is 105 Å². The Bertz CT molecular complexity index is 541. The summed E-state index contributed by atoms with van der Waals surface area (Å²) in [6.45, 7) is 3.38. The van der Waals surface area contributed by atoms with Crippen LogP contribution >= 0.6 is 0 Å². The molecule has 0 saturated heterocycles. The fourth-order valence-electron chi connectivity index (χ4n) is 1.17. The van der Waals surface area contributed by atoms with Crippen molar-refractivity contribution in [1.82, 2.24) is 10.3 Å². The monoisotopic (exact) mass is 274 g/mol. The number of ether oxygens (including phenoxy) is 1. The number of carbonyl (C=O) groups excluding carboxylic acids is 1. The van der Waals surface area contributed by atoms with E-state index in [0.29, 0.717) is 5.56 Å². The molecule has 0 unspecified atom stereocenters. The highest BCUT2D eigenvalue weighted by Crippen LogP contribution is 2.22. The SMILES string of the molecule is CCOC(=O)NNS(=O)(=O)c1cc(C)ccc1O. The van der Waals surface area contributed by atoms with Crippen LogP contribution in [0.4, 0.5) is 4.79 Å². The van der Waals surface area contributed by atoms with Gasteiger partial charge in [-0.25, -0.2) is 18.6 Å². The first-order valence-corrected chi connectivity index (χ1v) is 6.59. The van der Waals surface area contributed by atoms with Crippen molar-refractivity contribution >= 4 is 16.1 Å². The molecule has 0 spiro atoms. The number of aryl methyl sites for hydroxylation is 1. The van der Waals surface area contributed by atoms with E-state index >= 15 is 0 Å². The molecule has 0 heterocycles. The van der Waals surface area contributed by atoms with Gasteiger partial charge in [0, 0.05) is 0 Å². The molecule has 1 amide bonds. The summed E-state index contributed by atoms with van der Waals surface area (Å²) in [5, 5.41) is 9.48. The van der Waals surface area contributed by atoms with E-state index in [1.54, 1.807) is 19.9 Å². The number of hydrogen-bond acceptors (Lipinski definition) is 5. The highest BCUT2D eigenvalue weighted by atomic mass is 32.2. The zero-order valence-corrected chi connectivity index (χ0v) is 10.7. The molecule has 100 valence electrons. The molecule has 0 aliphatic carbocycles. The second kappa shape index (κ2) is 5.69. The van der Waals surface area contributed by atoms with Gasteiger partial charge < -0.3 is 9.84 Å². The Labute approximate surface area is 105 Å². The molecule has 18 heavy (non-hydrogen) atoms. The minimum absolute atomic E-state index is 0.114. The summed E-state index contributed by atoms with van der Waals surface area (Å²) in [4.78, 5) is 12.4. The average Bonchev–Trinajstić information content (AvgIpc) is 2.30. The van der Waals surface area contributed by atoms with E-state index in [1.807, 2.05) is 10.3 Å². The summed E-state index contributed by atoms with van der Waals surface area (Å²) >= 11 is 0. The van der Waals surface area contributed by atoms with Gasteiger partial charge in [0.25, 0.3) is 10.0 Å².